The Morgan fingerprint density at radius 3 is 2.81 bits per heavy atom. The molecule has 1 rings (SSSR count). The summed E-state index contributed by atoms with van der Waals surface area (Å²) in [4.78, 5) is 11.3. The van der Waals surface area contributed by atoms with Crippen LogP contribution in [0.15, 0.2) is 22.7 Å². The van der Waals surface area contributed by atoms with Crippen molar-refractivity contribution >= 4 is 33.5 Å². The van der Waals surface area contributed by atoms with Crippen LogP contribution in [0, 0.1) is 6.92 Å². The summed E-state index contributed by atoms with van der Waals surface area (Å²) in [5.41, 5.74) is 2.17. The Labute approximate surface area is 109 Å². The molecule has 1 aromatic rings. The number of halogens is 2. The molecule has 1 unspecified atom stereocenters. The molecule has 1 aromatic carbocycles. The average molecular weight is 306 g/mol. The van der Waals surface area contributed by atoms with Gasteiger partial charge in [0.25, 0.3) is 0 Å². The summed E-state index contributed by atoms with van der Waals surface area (Å²) in [6.07, 6.45) is 0.495. The Kier molecular flexibility index (Phi) is 5.29. The molecule has 16 heavy (non-hydrogen) atoms. The molecular formula is C12H14BrClO2. The van der Waals surface area contributed by atoms with E-state index in [1.165, 1.54) is 0 Å². The van der Waals surface area contributed by atoms with Gasteiger partial charge < -0.3 is 4.74 Å². The van der Waals surface area contributed by atoms with Crippen LogP contribution in [0.4, 0.5) is 0 Å². The third-order valence-corrected chi connectivity index (χ3v) is 3.40. The number of hydrogen-bond acceptors (Lipinski definition) is 2. The maximum atomic E-state index is 11.3. The molecule has 88 valence electrons. The molecule has 0 spiro atoms. The van der Waals surface area contributed by atoms with Gasteiger partial charge in [-0.15, -0.1) is 11.6 Å². The van der Waals surface area contributed by atoms with E-state index in [0.717, 1.165) is 15.6 Å². The lowest BCUT2D eigenvalue weighted by Gasteiger charge is -2.09. The number of carbonyl (C=O) groups excluding carboxylic acids is 1. The minimum Gasteiger partial charge on any atom is -0.465 e. The minimum absolute atomic E-state index is 0.357. The Morgan fingerprint density at radius 1 is 1.56 bits per heavy atom. The minimum atomic E-state index is -0.611. The highest BCUT2D eigenvalue weighted by atomic mass is 79.9. The summed E-state index contributed by atoms with van der Waals surface area (Å²) in [6, 6.07) is 5.92. The molecular weight excluding hydrogens is 291 g/mol. The topological polar surface area (TPSA) is 26.3 Å². The fourth-order valence-corrected chi connectivity index (χ4v) is 1.84. The van der Waals surface area contributed by atoms with Crippen molar-refractivity contribution in [2.45, 2.75) is 25.6 Å². The smallest absolute Gasteiger partial charge is 0.324 e. The van der Waals surface area contributed by atoms with Gasteiger partial charge in [0, 0.05) is 4.47 Å². The van der Waals surface area contributed by atoms with Crippen molar-refractivity contribution in [1.29, 1.82) is 0 Å². The molecule has 0 amide bonds. The summed E-state index contributed by atoms with van der Waals surface area (Å²) in [5.74, 6) is -0.357. The van der Waals surface area contributed by atoms with Gasteiger partial charge in [-0.1, -0.05) is 28.1 Å². The van der Waals surface area contributed by atoms with Gasteiger partial charge in [-0.3, -0.25) is 4.79 Å². The maximum Gasteiger partial charge on any atom is 0.324 e. The normalized spacial score (nSPS) is 12.2. The summed E-state index contributed by atoms with van der Waals surface area (Å²) in [5, 5.41) is -0.611. The molecule has 0 aliphatic rings. The number of esters is 1. The lowest BCUT2D eigenvalue weighted by Crippen LogP contribution is -2.20. The lowest BCUT2D eigenvalue weighted by atomic mass is 10.1. The van der Waals surface area contributed by atoms with Crippen LogP contribution in [0.25, 0.3) is 0 Å². The van der Waals surface area contributed by atoms with Crippen LogP contribution >= 0.6 is 27.5 Å². The zero-order valence-electron chi connectivity index (χ0n) is 9.30. The average Bonchev–Trinajstić information content (AvgIpc) is 2.24. The summed E-state index contributed by atoms with van der Waals surface area (Å²) >= 11 is 9.38. The van der Waals surface area contributed by atoms with E-state index in [-0.39, 0.29) is 5.97 Å². The van der Waals surface area contributed by atoms with E-state index in [2.05, 4.69) is 15.9 Å². The van der Waals surface area contributed by atoms with Crippen LogP contribution in [0.5, 0.6) is 0 Å². The molecule has 0 fully saturated rings. The summed E-state index contributed by atoms with van der Waals surface area (Å²) in [6.45, 7) is 4.13. The van der Waals surface area contributed by atoms with Gasteiger partial charge in [-0.05, 0) is 37.5 Å². The Hall–Kier alpha value is -0.540. The van der Waals surface area contributed by atoms with E-state index in [1.54, 1.807) is 6.92 Å². The number of alkyl halides is 1. The molecule has 0 bridgehead atoms. The Bertz CT molecular complexity index is 379. The standard InChI is InChI=1S/C12H14BrClO2/c1-3-16-12(15)11(14)7-9-4-5-10(13)8(2)6-9/h4-6,11H,3,7H2,1-2H3. The first kappa shape index (κ1) is 13.5. The van der Waals surface area contributed by atoms with Crippen molar-refractivity contribution in [3.63, 3.8) is 0 Å². The molecule has 0 saturated heterocycles. The van der Waals surface area contributed by atoms with E-state index in [9.17, 15) is 4.79 Å². The highest BCUT2D eigenvalue weighted by molar-refractivity contribution is 9.10. The van der Waals surface area contributed by atoms with Crippen molar-refractivity contribution < 1.29 is 9.53 Å². The van der Waals surface area contributed by atoms with Crippen molar-refractivity contribution in [2.75, 3.05) is 6.61 Å². The monoisotopic (exact) mass is 304 g/mol. The van der Waals surface area contributed by atoms with Crippen molar-refractivity contribution in [3.05, 3.63) is 33.8 Å². The molecule has 0 N–H and O–H groups in total. The van der Waals surface area contributed by atoms with Gasteiger partial charge in [0.1, 0.15) is 5.38 Å². The Balaban J connectivity index is 2.66. The van der Waals surface area contributed by atoms with E-state index in [1.807, 2.05) is 25.1 Å². The SMILES string of the molecule is CCOC(=O)C(Cl)Cc1ccc(Br)c(C)c1. The highest BCUT2D eigenvalue weighted by Crippen LogP contribution is 2.19. The second-order valence-corrected chi connectivity index (χ2v) is 4.89. The fourth-order valence-electron chi connectivity index (χ4n) is 1.36. The number of rotatable bonds is 4. The van der Waals surface area contributed by atoms with Gasteiger partial charge in [0.05, 0.1) is 6.61 Å². The third-order valence-electron chi connectivity index (χ3n) is 2.18. The van der Waals surface area contributed by atoms with Gasteiger partial charge in [0.15, 0.2) is 0 Å². The van der Waals surface area contributed by atoms with E-state index < -0.39 is 5.38 Å². The lowest BCUT2D eigenvalue weighted by molar-refractivity contribution is -0.142. The highest BCUT2D eigenvalue weighted by Gasteiger charge is 2.17. The van der Waals surface area contributed by atoms with E-state index >= 15 is 0 Å². The van der Waals surface area contributed by atoms with Gasteiger partial charge in [0.2, 0.25) is 0 Å². The molecule has 4 heteroatoms. The second kappa shape index (κ2) is 6.26. The van der Waals surface area contributed by atoms with E-state index in [4.69, 9.17) is 16.3 Å². The van der Waals surface area contributed by atoms with Crippen LogP contribution < -0.4 is 0 Å². The predicted octanol–water partition coefficient (Wildman–Crippen LogP) is 3.47. The first-order chi connectivity index (χ1) is 7.54. The van der Waals surface area contributed by atoms with Crippen LogP contribution in [0.1, 0.15) is 18.1 Å². The van der Waals surface area contributed by atoms with Gasteiger partial charge in [-0.2, -0.15) is 0 Å². The predicted molar refractivity (Wildman–Crippen MR) is 68.9 cm³/mol. The van der Waals surface area contributed by atoms with E-state index in [0.29, 0.717) is 13.0 Å². The largest absolute Gasteiger partial charge is 0.465 e. The molecule has 0 aromatic heterocycles. The molecule has 0 radical (unpaired) electrons. The number of carbonyl (C=O) groups is 1. The van der Waals surface area contributed by atoms with Crippen LogP contribution in [0.3, 0.4) is 0 Å². The maximum absolute atomic E-state index is 11.3. The van der Waals surface area contributed by atoms with Gasteiger partial charge >= 0.3 is 5.97 Å². The number of hydrogen-bond donors (Lipinski definition) is 0. The third kappa shape index (κ3) is 3.80. The molecule has 0 aliphatic heterocycles. The van der Waals surface area contributed by atoms with Crippen molar-refractivity contribution in [1.82, 2.24) is 0 Å². The van der Waals surface area contributed by atoms with Crippen molar-refractivity contribution in [2.24, 2.45) is 0 Å². The summed E-state index contributed by atoms with van der Waals surface area (Å²) < 4.78 is 5.90. The number of aryl methyl sites for hydroxylation is 1. The molecule has 2 nitrogen and oxygen atoms in total. The molecule has 0 heterocycles. The quantitative estimate of drug-likeness (QED) is 0.629. The first-order valence-corrected chi connectivity index (χ1v) is 6.33. The van der Waals surface area contributed by atoms with Crippen molar-refractivity contribution in [3.8, 4) is 0 Å². The van der Waals surface area contributed by atoms with Gasteiger partial charge in [-0.25, -0.2) is 0 Å². The van der Waals surface area contributed by atoms with Crippen LogP contribution in [-0.4, -0.2) is 18.0 Å². The molecule has 0 saturated carbocycles. The molecule has 1 atom stereocenters. The first-order valence-electron chi connectivity index (χ1n) is 5.10. The van der Waals surface area contributed by atoms with Crippen LogP contribution in [0.2, 0.25) is 0 Å². The number of ether oxygens (including phenoxy) is 1. The zero-order valence-corrected chi connectivity index (χ0v) is 11.6. The second-order valence-electron chi connectivity index (χ2n) is 3.51. The molecule has 0 aliphatic carbocycles. The zero-order chi connectivity index (χ0) is 12.1. The Morgan fingerprint density at radius 2 is 2.25 bits per heavy atom. The fraction of sp³-hybridized carbons (Fsp3) is 0.417. The number of benzene rings is 1. The van der Waals surface area contributed by atoms with Crippen LogP contribution in [-0.2, 0) is 16.0 Å². The summed E-state index contributed by atoms with van der Waals surface area (Å²) in [7, 11) is 0.